The number of rotatable bonds is 2. The normalized spacial score (nSPS) is 12.2. The van der Waals surface area contributed by atoms with E-state index in [1.165, 1.54) is 0 Å². The number of nitrogens with two attached hydrogens (primary N) is 1. The zero-order valence-electron chi connectivity index (χ0n) is 8.56. The van der Waals surface area contributed by atoms with E-state index in [2.05, 4.69) is 18.9 Å². The molecule has 1 aromatic heterocycles. The Morgan fingerprint density at radius 3 is 2.38 bits per heavy atom. The van der Waals surface area contributed by atoms with E-state index < -0.39 is 0 Å². The molecule has 74 valence electrons. The van der Waals surface area contributed by atoms with Crippen LogP contribution in [0.4, 0.5) is 0 Å². The highest BCUT2D eigenvalue weighted by Crippen LogP contribution is 2.31. The first-order valence-electron chi connectivity index (χ1n) is 4.30. The van der Waals surface area contributed by atoms with E-state index in [0.717, 1.165) is 11.3 Å². The van der Waals surface area contributed by atoms with Crippen LogP contribution in [0, 0.1) is 6.92 Å². The van der Waals surface area contributed by atoms with E-state index in [9.17, 15) is 0 Å². The Bertz CT molecular complexity index is 315. The van der Waals surface area contributed by atoms with Gasteiger partial charge in [-0.15, -0.1) is 0 Å². The Balaban J connectivity index is 3.28. The van der Waals surface area contributed by atoms with E-state index in [4.69, 9.17) is 17.3 Å². The standard InChI is InChI=1S/C9H16ClN3/c1-6-7(9(2,3)5-11)8(10)13(4)12-6/h5,11H2,1-4H3. The quantitative estimate of drug-likeness (QED) is 0.791. The van der Waals surface area contributed by atoms with Crippen molar-refractivity contribution >= 4 is 11.6 Å². The molecule has 0 aliphatic carbocycles. The van der Waals surface area contributed by atoms with Crippen molar-refractivity contribution in [3.8, 4) is 0 Å². The first kappa shape index (κ1) is 10.5. The summed E-state index contributed by atoms with van der Waals surface area (Å²) in [4.78, 5) is 0. The SMILES string of the molecule is Cc1nn(C)c(Cl)c1C(C)(C)CN. The fourth-order valence-corrected chi connectivity index (χ4v) is 1.93. The van der Waals surface area contributed by atoms with Crippen LogP contribution in [0.5, 0.6) is 0 Å². The van der Waals surface area contributed by atoms with Crippen LogP contribution in [0.1, 0.15) is 25.1 Å². The third-order valence-corrected chi connectivity index (χ3v) is 2.77. The topological polar surface area (TPSA) is 43.8 Å². The summed E-state index contributed by atoms with van der Waals surface area (Å²) < 4.78 is 1.68. The summed E-state index contributed by atoms with van der Waals surface area (Å²) in [6.45, 7) is 6.67. The van der Waals surface area contributed by atoms with Gasteiger partial charge in [-0.3, -0.25) is 4.68 Å². The van der Waals surface area contributed by atoms with E-state index in [1.807, 2.05) is 14.0 Å². The lowest BCUT2D eigenvalue weighted by Gasteiger charge is -2.22. The van der Waals surface area contributed by atoms with Crippen LogP contribution in [0.15, 0.2) is 0 Å². The van der Waals surface area contributed by atoms with Gasteiger partial charge in [0.2, 0.25) is 0 Å². The highest BCUT2D eigenvalue weighted by atomic mass is 35.5. The van der Waals surface area contributed by atoms with Crippen molar-refractivity contribution in [1.82, 2.24) is 9.78 Å². The lowest BCUT2D eigenvalue weighted by molar-refractivity contribution is 0.535. The van der Waals surface area contributed by atoms with Crippen LogP contribution in [0.3, 0.4) is 0 Å². The van der Waals surface area contributed by atoms with Gasteiger partial charge < -0.3 is 5.73 Å². The molecular formula is C9H16ClN3. The maximum absolute atomic E-state index is 6.12. The lowest BCUT2D eigenvalue weighted by atomic mass is 9.85. The minimum Gasteiger partial charge on any atom is -0.330 e. The highest BCUT2D eigenvalue weighted by molar-refractivity contribution is 6.30. The molecule has 1 heterocycles. The molecule has 0 unspecified atom stereocenters. The van der Waals surface area contributed by atoms with E-state index >= 15 is 0 Å². The number of hydrogen-bond donors (Lipinski definition) is 1. The highest BCUT2D eigenvalue weighted by Gasteiger charge is 2.26. The van der Waals surface area contributed by atoms with Gasteiger partial charge >= 0.3 is 0 Å². The summed E-state index contributed by atoms with van der Waals surface area (Å²) >= 11 is 6.12. The number of hydrogen-bond acceptors (Lipinski definition) is 2. The number of halogens is 1. The predicted octanol–water partition coefficient (Wildman–Crippen LogP) is 1.62. The van der Waals surface area contributed by atoms with Gasteiger partial charge in [0.05, 0.1) is 5.69 Å². The summed E-state index contributed by atoms with van der Waals surface area (Å²) in [6, 6.07) is 0. The Kier molecular flexibility index (Phi) is 2.68. The van der Waals surface area contributed by atoms with Gasteiger partial charge in [0.25, 0.3) is 0 Å². The van der Waals surface area contributed by atoms with E-state index in [1.54, 1.807) is 4.68 Å². The summed E-state index contributed by atoms with van der Waals surface area (Å²) in [6.07, 6.45) is 0. The second kappa shape index (κ2) is 3.31. The molecule has 0 aliphatic heterocycles. The molecule has 2 N–H and O–H groups in total. The van der Waals surface area contributed by atoms with E-state index in [-0.39, 0.29) is 5.41 Å². The van der Waals surface area contributed by atoms with Crippen molar-refractivity contribution in [3.05, 3.63) is 16.4 Å². The van der Waals surface area contributed by atoms with Crippen molar-refractivity contribution in [2.45, 2.75) is 26.2 Å². The second-order valence-electron chi connectivity index (χ2n) is 3.96. The van der Waals surface area contributed by atoms with Crippen molar-refractivity contribution in [1.29, 1.82) is 0 Å². The lowest BCUT2D eigenvalue weighted by Crippen LogP contribution is -2.28. The third-order valence-electron chi connectivity index (χ3n) is 2.34. The summed E-state index contributed by atoms with van der Waals surface area (Å²) in [7, 11) is 1.84. The fraction of sp³-hybridized carbons (Fsp3) is 0.667. The van der Waals surface area contributed by atoms with Crippen molar-refractivity contribution in [2.75, 3.05) is 6.54 Å². The maximum Gasteiger partial charge on any atom is 0.130 e. The average Bonchev–Trinajstić information content (AvgIpc) is 2.27. The van der Waals surface area contributed by atoms with Gasteiger partial charge in [-0.25, -0.2) is 0 Å². The molecule has 1 aromatic rings. The summed E-state index contributed by atoms with van der Waals surface area (Å²) in [5.74, 6) is 0. The molecule has 13 heavy (non-hydrogen) atoms. The molecule has 0 bridgehead atoms. The van der Waals surface area contributed by atoms with Crippen molar-refractivity contribution < 1.29 is 0 Å². The van der Waals surface area contributed by atoms with Crippen LogP contribution >= 0.6 is 11.6 Å². The summed E-state index contributed by atoms with van der Waals surface area (Å²) in [5, 5.41) is 4.94. The van der Waals surface area contributed by atoms with Crippen molar-refractivity contribution in [3.63, 3.8) is 0 Å². The van der Waals surface area contributed by atoms with Crippen LogP contribution in [0.2, 0.25) is 5.15 Å². The molecule has 0 spiro atoms. The van der Waals surface area contributed by atoms with Crippen LogP contribution in [-0.2, 0) is 12.5 Å². The van der Waals surface area contributed by atoms with Gasteiger partial charge in [-0.1, -0.05) is 25.4 Å². The minimum absolute atomic E-state index is 0.102. The van der Waals surface area contributed by atoms with Gasteiger partial charge in [-0.05, 0) is 6.92 Å². The largest absolute Gasteiger partial charge is 0.330 e. The molecule has 0 saturated heterocycles. The average molecular weight is 202 g/mol. The number of aryl methyl sites for hydroxylation is 2. The molecule has 0 radical (unpaired) electrons. The van der Waals surface area contributed by atoms with Gasteiger partial charge in [0.1, 0.15) is 5.15 Å². The Hall–Kier alpha value is -0.540. The Morgan fingerprint density at radius 1 is 1.54 bits per heavy atom. The zero-order chi connectivity index (χ0) is 10.2. The molecule has 0 fully saturated rings. The molecule has 0 amide bonds. The second-order valence-corrected chi connectivity index (χ2v) is 4.32. The molecule has 0 saturated carbocycles. The number of nitrogens with zero attached hydrogens (tertiary/aromatic N) is 2. The third kappa shape index (κ3) is 1.71. The van der Waals surface area contributed by atoms with Crippen LogP contribution < -0.4 is 5.73 Å². The van der Waals surface area contributed by atoms with Gasteiger partial charge in [0.15, 0.2) is 0 Å². The Labute approximate surface area is 83.9 Å². The Morgan fingerprint density at radius 2 is 2.08 bits per heavy atom. The van der Waals surface area contributed by atoms with Crippen molar-refractivity contribution in [2.24, 2.45) is 12.8 Å². The van der Waals surface area contributed by atoms with Crippen LogP contribution in [0.25, 0.3) is 0 Å². The van der Waals surface area contributed by atoms with Crippen LogP contribution in [-0.4, -0.2) is 16.3 Å². The monoisotopic (exact) mass is 201 g/mol. The maximum atomic E-state index is 6.12. The first-order chi connectivity index (χ1) is 5.90. The van der Waals surface area contributed by atoms with Gasteiger partial charge in [-0.2, -0.15) is 5.10 Å². The molecular weight excluding hydrogens is 186 g/mol. The molecule has 0 aromatic carbocycles. The predicted molar refractivity (Wildman–Crippen MR) is 55.0 cm³/mol. The smallest absolute Gasteiger partial charge is 0.130 e. The molecule has 0 atom stereocenters. The molecule has 3 nitrogen and oxygen atoms in total. The first-order valence-corrected chi connectivity index (χ1v) is 4.67. The fourth-order valence-electron chi connectivity index (χ4n) is 1.50. The molecule has 4 heteroatoms. The molecule has 1 rings (SSSR count). The zero-order valence-corrected chi connectivity index (χ0v) is 9.31. The van der Waals surface area contributed by atoms with Gasteiger partial charge in [0, 0.05) is 24.6 Å². The summed E-state index contributed by atoms with van der Waals surface area (Å²) in [5.41, 5.74) is 7.60. The minimum atomic E-state index is -0.102. The van der Waals surface area contributed by atoms with E-state index in [0.29, 0.717) is 11.7 Å². The number of aromatic nitrogens is 2. The molecule has 0 aliphatic rings.